The van der Waals surface area contributed by atoms with Crippen LogP contribution in [0.3, 0.4) is 0 Å². The third kappa shape index (κ3) is 4.33. The molecule has 0 saturated carbocycles. The lowest BCUT2D eigenvalue weighted by molar-refractivity contribution is -0.126. The fraction of sp³-hybridized carbons (Fsp3) is 0.588. The zero-order chi connectivity index (χ0) is 17.7. The van der Waals surface area contributed by atoms with E-state index in [-0.39, 0.29) is 29.3 Å². The summed E-state index contributed by atoms with van der Waals surface area (Å²) in [4.78, 5) is 12.3. The summed E-state index contributed by atoms with van der Waals surface area (Å²) in [7, 11) is -3.73. The molecular formula is C17H25FN2O3S. The van der Waals surface area contributed by atoms with Crippen LogP contribution in [-0.4, -0.2) is 37.8 Å². The summed E-state index contributed by atoms with van der Waals surface area (Å²) in [5.41, 5.74) is 0. The van der Waals surface area contributed by atoms with Crippen molar-refractivity contribution in [3.8, 4) is 0 Å². The number of nitrogens with zero attached hydrogens (tertiary/aromatic N) is 1. The third-order valence-electron chi connectivity index (χ3n) is 4.45. The number of unbranched alkanes of at least 4 members (excludes halogenated alkanes) is 1. The summed E-state index contributed by atoms with van der Waals surface area (Å²) in [5.74, 6) is -0.906. The smallest absolute Gasteiger partial charge is 0.243 e. The largest absolute Gasteiger partial charge is 0.356 e. The molecule has 134 valence electrons. The van der Waals surface area contributed by atoms with Gasteiger partial charge in [0.15, 0.2) is 0 Å². The van der Waals surface area contributed by atoms with E-state index >= 15 is 0 Å². The van der Waals surface area contributed by atoms with Crippen molar-refractivity contribution >= 4 is 15.9 Å². The van der Waals surface area contributed by atoms with Crippen LogP contribution in [0.2, 0.25) is 0 Å². The second-order valence-corrected chi connectivity index (χ2v) is 8.19. The fourth-order valence-corrected chi connectivity index (χ4v) is 4.60. The number of hydrogen-bond acceptors (Lipinski definition) is 3. The number of hydrogen-bond donors (Lipinski definition) is 1. The van der Waals surface area contributed by atoms with Crippen LogP contribution in [0.5, 0.6) is 0 Å². The molecule has 1 amide bonds. The summed E-state index contributed by atoms with van der Waals surface area (Å²) < 4.78 is 40.0. The zero-order valence-corrected chi connectivity index (χ0v) is 15.0. The van der Waals surface area contributed by atoms with Crippen LogP contribution < -0.4 is 5.32 Å². The maximum Gasteiger partial charge on any atom is 0.243 e. The van der Waals surface area contributed by atoms with Crippen LogP contribution in [0.4, 0.5) is 4.39 Å². The van der Waals surface area contributed by atoms with Gasteiger partial charge in [-0.25, -0.2) is 12.8 Å². The normalized spacial score (nSPS) is 22.3. The maximum absolute atomic E-state index is 13.0. The number of amides is 1. The van der Waals surface area contributed by atoms with Gasteiger partial charge in [0.05, 0.1) is 10.8 Å². The summed E-state index contributed by atoms with van der Waals surface area (Å²) >= 11 is 0. The summed E-state index contributed by atoms with van der Waals surface area (Å²) in [5, 5.41) is 2.88. The van der Waals surface area contributed by atoms with Crippen LogP contribution in [0.25, 0.3) is 0 Å². The molecule has 2 rings (SSSR count). The molecular weight excluding hydrogens is 331 g/mol. The molecule has 1 saturated heterocycles. The molecule has 1 N–H and O–H groups in total. The van der Waals surface area contributed by atoms with Gasteiger partial charge < -0.3 is 5.32 Å². The molecule has 7 heteroatoms. The fourth-order valence-electron chi connectivity index (χ4n) is 2.90. The number of carbonyl (C=O) groups is 1. The summed E-state index contributed by atoms with van der Waals surface area (Å²) in [6.45, 7) is 4.67. The molecule has 1 aliphatic heterocycles. The van der Waals surface area contributed by atoms with Crippen molar-refractivity contribution in [2.75, 3.05) is 13.1 Å². The predicted molar refractivity (Wildman–Crippen MR) is 90.4 cm³/mol. The van der Waals surface area contributed by atoms with Crippen LogP contribution in [0.15, 0.2) is 29.2 Å². The first-order valence-corrected chi connectivity index (χ1v) is 9.85. The number of nitrogens with one attached hydrogen (secondary N) is 1. The highest BCUT2D eigenvalue weighted by atomic mass is 32.2. The number of carbonyl (C=O) groups excluding carboxylic acids is 1. The predicted octanol–water partition coefficient (Wildman–Crippen LogP) is 2.53. The Labute approximate surface area is 143 Å². The average Bonchev–Trinajstić information content (AvgIpc) is 2.55. The van der Waals surface area contributed by atoms with E-state index in [4.69, 9.17) is 0 Å². The zero-order valence-electron chi connectivity index (χ0n) is 14.2. The van der Waals surface area contributed by atoms with Gasteiger partial charge >= 0.3 is 0 Å². The van der Waals surface area contributed by atoms with E-state index in [1.807, 2.05) is 13.8 Å². The highest BCUT2D eigenvalue weighted by Gasteiger charge is 2.37. The first-order chi connectivity index (χ1) is 11.4. The van der Waals surface area contributed by atoms with Gasteiger partial charge in [-0.1, -0.05) is 13.3 Å². The minimum absolute atomic E-state index is 0.0581. The van der Waals surface area contributed by atoms with Crippen molar-refractivity contribution in [3.63, 3.8) is 0 Å². The second kappa shape index (κ2) is 8.07. The van der Waals surface area contributed by atoms with E-state index in [0.29, 0.717) is 19.4 Å². The number of rotatable bonds is 6. The highest BCUT2D eigenvalue weighted by molar-refractivity contribution is 7.89. The summed E-state index contributed by atoms with van der Waals surface area (Å²) in [6, 6.07) is 4.62. The standard InChI is InChI=1S/C17H25FN2O3S/c1-3-4-11-19-17(21)14-6-5-13(2)20(12-14)24(22,23)16-9-7-15(18)8-10-16/h7-10,13-14H,3-6,11-12H2,1-2H3,(H,19,21). The van der Waals surface area contributed by atoms with E-state index in [1.165, 1.54) is 16.4 Å². The minimum Gasteiger partial charge on any atom is -0.356 e. The van der Waals surface area contributed by atoms with Crippen molar-refractivity contribution < 1.29 is 17.6 Å². The molecule has 5 nitrogen and oxygen atoms in total. The van der Waals surface area contributed by atoms with Crippen LogP contribution >= 0.6 is 0 Å². The van der Waals surface area contributed by atoms with Gasteiger partial charge in [-0.15, -0.1) is 0 Å². The lowest BCUT2D eigenvalue weighted by Crippen LogP contribution is -2.49. The highest BCUT2D eigenvalue weighted by Crippen LogP contribution is 2.28. The molecule has 0 radical (unpaired) electrons. The molecule has 1 aliphatic rings. The Morgan fingerprint density at radius 2 is 1.96 bits per heavy atom. The van der Waals surface area contributed by atoms with E-state index in [2.05, 4.69) is 5.32 Å². The SMILES string of the molecule is CCCCNC(=O)C1CCC(C)N(S(=O)(=O)c2ccc(F)cc2)C1. The Morgan fingerprint density at radius 3 is 2.58 bits per heavy atom. The van der Waals surface area contributed by atoms with E-state index in [0.717, 1.165) is 25.0 Å². The molecule has 24 heavy (non-hydrogen) atoms. The van der Waals surface area contributed by atoms with Crippen molar-refractivity contribution in [2.24, 2.45) is 5.92 Å². The average molecular weight is 356 g/mol. The van der Waals surface area contributed by atoms with Gasteiger partial charge in [0, 0.05) is 19.1 Å². The van der Waals surface area contributed by atoms with Crippen LogP contribution in [-0.2, 0) is 14.8 Å². The number of benzene rings is 1. The Kier molecular flexibility index (Phi) is 6.34. The monoisotopic (exact) mass is 356 g/mol. The molecule has 1 fully saturated rings. The first-order valence-electron chi connectivity index (χ1n) is 8.41. The van der Waals surface area contributed by atoms with Gasteiger partial charge in [-0.05, 0) is 50.5 Å². The Morgan fingerprint density at radius 1 is 1.29 bits per heavy atom. The second-order valence-electron chi connectivity index (χ2n) is 6.30. The molecule has 2 unspecified atom stereocenters. The molecule has 1 heterocycles. The third-order valence-corrected chi connectivity index (χ3v) is 6.44. The van der Waals surface area contributed by atoms with Crippen molar-refractivity contribution in [1.82, 2.24) is 9.62 Å². The molecule has 0 spiro atoms. The molecule has 1 aromatic carbocycles. The van der Waals surface area contributed by atoms with Gasteiger partial charge in [0.25, 0.3) is 0 Å². The Bertz CT molecular complexity index is 661. The molecule has 1 aromatic rings. The minimum atomic E-state index is -3.73. The van der Waals surface area contributed by atoms with Crippen LogP contribution in [0, 0.1) is 11.7 Å². The lowest BCUT2D eigenvalue weighted by Gasteiger charge is -2.36. The number of piperidine rings is 1. The van der Waals surface area contributed by atoms with Crippen molar-refractivity contribution in [1.29, 1.82) is 0 Å². The summed E-state index contributed by atoms with van der Waals surface area (Å²) in [6.07, 6.45) is 3.21. The topological polar surface area (TPSA) is 66.5 Å². The lowest BCUT2D eigenvalue weighted by atomic mass is 9.94. The van der Waals surface area contributed by atoms with Gasteiger partial charge in [0.2, 0.25) is 15.9 Å². The quantitative estimate of drug-likeness (QED) is 0.797. The Hall–Kier alpha value is -1.47. The first kappa shape index (κ1) is 18.9. The molecule has 0 bridgehead atoms. The van der Waals surface area contributed by atoms with Gasteiger partial charge in [0.1, 0.15) is 5.82 Å². The van der Waals surface area contributed by atoms with Crippen molar-refractivity contribution in [3.05, 3.63) is 30.1 Å². The van der Waals surface area contributed by atoms with E-state index in [1.54, 1.807) is 0 Å². The van der Waals surface area contributed by atoms with Gasteiger partial charge in [-0.3, -0.25) is 4.79 Å². The number of sulfonamides is 1. The molecule has 0 aromatic heterocycles. The van der Waals surface area contributed by atoms with Crippen LogP contribution in [0.1, 0.15) is 39.5 Å². The molecule has 0 aliphatic carbocycles. The molecule has 2 atom stereocenters. The Balaban J connectivity index is 2.12. The maximum atomic E-state index is 13.0. The van der Waals surface area contributed by atoms with Crippen molar-refractivity contribution in [2.45, 2.75) is 50.5 Å². The number of halogens is 1. The van der Waals surface area contributed by atoms with E-state index < -0.39 is 15.8 Å². The van der Waals surface area contributed by atoms with E-state index in [9.17, 15) is 17.6 Å². The van der Waals surface area contributed by atoms with Gasteiger partial charge in [-0.2, -0.15) is 4.31 Å².